The van der Waals surface area contributed by atoms with E-state index < -0.39 is 11.8 Å². The maximum atomic E-state index is 12.2. The van der Waals surface area contributed by atoms with Crippen molar-refractivity contribution in [2.24, 2.45) is 0 Å². The van der Waals surface area contributed by atoms with Crippen LogP contribution in [0.1, 0.15) is 20.7 Å². The van der Waals surface area contributed by atoms with E-state index >= 15 is 0 Å². The molecule has 0 aliphatic carbocycles. The molecule has 0 aromatic heterocycles. The second kappa shape index (κ2) is 10.3. The Morgan fingerprint density at radius 1 is 0.529 bits per heavy atom. The van der Waals surface area contributed by atoms with Crippen LogP contribution in [0, 0.1) is 0 Å². The Balaban J connectivity index is 1.77. The van der Waals surface area contributed by atoms with Crippen molar-refractivity contribution in [2.45, 2.75) is 0 Å². The first-order chi connectivity index (χ1) is 16.6. The number of nitrogens with one attached hydrogen (secondary N) is 4. The monoisotopic (exact) mass is 454 g/mol. The zero-order valence-electron chi connectivity index (χ0n) is 17.9. The van der Waals surface area contributed by atoms with Crippen molar-refractivity contribution in [3.8, 4) is 11.1 Å². The maximum Gasteiger partial charge on any atom is 0.276 e. The molecule has 0 saturated carbocycles. The molecule has 0 atom stereocenters. The van der Waals surface area contributed by atoms with E-state index in [1.165, 1.54) is 0 Å². The van der Waals surface area contributed by atoms with Crippen LogP contribution in [0.25, 0.3) is 11.1 Å². The second-order valence-corrected chi connectivity index (χ2v) is 7.38. The highest BCUT2D eigenvalue weighted by atomic mass is 16.5. The predicted molar refractivity (Wildman–Crippen MR) is 130 cm³/mol. The molecule has 34 heavy (non-hydrogen) atoms. The average Bonchev–Trinajstić information content (AvgIpc) is 2.89. The molecule has 0 radical (unpaired) electrons. The highest BCUT2D eigenvalue weighted by Crippen LogP contribution is 2.32. The van der Waals surface area contributed by atoms with Gasteiger partial charge in [-0.25, -0.2) is 11.0 Å². The normalized spacial score (nSPS) is 10.3. The molecule has 0 fully saturated rings. The minimum atomic E-state index is -0.647. The van der Waals surface area contributed by atoms with E-state index in [2.05, 4.69) is 10.6 Å². The van der Waals surface area contributed by atoms with Gasteiger partial charge in [-0.2, -0.15) is 0 Å². The van der Waals surface area contributed by atoms with Crippen molar-refractivity contribution in [1.82, 2.24) is 11.0 Å². The summed E-state index contributed by atoms with van der Waals surface area (Å²) in [6.07, 6.45) is 0. The first-order valence-corrected chi connectivity index (χ1v) is 10.4. The van der Waals surface area contributed by atoms with Gasteiger partial charge in [0.2, 0.25) is 0 Å². The first kappa shape index (κ1) is 22.5. The number of amides is 2. The smallest absolute Gasteiger partial charge is 0.276 e. The fraction of sp³-hybridized carbons (Fsp3) is 0. The molecule has 170 valence electrons. The molecule has 4 rings (SSSR count). The van der Waals surface area contributed by atoms with Crippen LogP contribution in [0.5, 0.6) is 0 Å². The van der Waals surface area contributed by atoms with Gasteiger partial charge in [-0.1, -0.05) is 48.5 Å². The number of carbonyl (C=O) groups excluding carboxylic acids is 2. The highest BCUT2D eigenvalue weighted by Gasteiger charge is 2.16. The zero-order valence-corrected chi connectivity index (χ0v) is 17.9. The quantitative estimate of drug-likeness (QED) is 0.171. The van der Waals surface area contributed by atoms with Crippen molar-refractivity contribution in [3.63, 3.8) is 0 Å². The van der Waals surface area contributed by atoms with Gasteiger partial charge in [-0.05, 0) is 59.7 Å². The number of anilines is 4. The van der Waals surface area contributed by atoms with E-state index in [0.29, 0.717) is 11.4 Å². The van der Waals surface area contributed by atoms with Gasteiger partial charge in [-0.15, -0.1) is 0 Å². The number of benzene rings is 4. The van der Waals surface area contributed by atoms with Crippen molar-refractivity contribution in [1.29, 1.82) is 0 Å². The van der Waals surface area contributed by atoms with Crippen molar-refractivity contribution in [3.05, 3.63) is 108 Å². The largest absolute Gasteiger partial charge is 0.355 e. The summed E-state index contributed by atoms with van der Waals surface area (Å²) >= 11 is 0. The Hall–Kier alpha value is -4.66. The number of hydroxylamine groups is 2. The van der Waals surface area contributed by atoms with Gasteiger partial charge in [0.05, 0.1) is 22.5 Å². The van der Waals surface area contributed by atoms with Gasteiger partial charge in [0.25, 0.3) is 11.8 Å². The van der Waals surface area contributed by atoms with Crippen LogP contribution in [-0.4, -0.2) is 22.2 Å². The standard InChI is InChI=1S/C26H22N4O4/c31-25(29-33)21-13-11-17(15-23(21)27-19-7-3-1-4-8-19)18-12-14-22(26(32)30-34)24(16-18)28-20-9-5-2-6-10-20/h1-16,27-28,33-34H,(H,29,31)(H,30,32). The second-order valence-electron chi connectivity index (χ2n) is 7.38. The molecule has 0 spiro atoms. The molecule has 2 amide bonds. The first-order valence-electron chi connectivity index (χ1n) is 10.4. The van der Waals surface area contributed by atoms with Gasteiger partial charge < -0.3 is 10.6 Å². The fourth-order valence-electron chi connectivity index (χ4n) is 3.52. The van der Waals surface area contributed by atoms with Crippen LogP contribution >= 0.6 is 0 Å². The number of hydrogen-bond acceptors (Lipinski definition) is 6. The predicted octanol–water partition coefficient (Wildman–Crippen LogP) is 5.08. The Labute approximate surface area is 195 Å². The number of para-hydroxylation sites is 2. The summed E-state index contributed by atoms with van der Waals surface area (Å²) in [5, 5.41) is 24.7. The van der Waals surface area contributed by atoms with Crippen LogP contribution in [0.3, 0.4) is 0 Å². The number of carbonyl (C=O) groups is 2. The van der Waals surface area contributed by atoms with E-state index in [-0.39, 0.29) is 11.1 Å². The Bertz CT molecular complexity index is 1210. The Kier molecular flexibility index (Phi) is 6.83. The summed E-state index contributed by atoms with van der Waals surface area (Å²) in [7, 11) is 0. The summed E-state index contributed by atoms with van der Waals surface area (Å²) in [6, 6.07) is 28.9. The highest BCUT2D eigenvalue weighted by molar-refractivity contribution is 6.02. The van der Waals surface area contributed by atoms with Crippen LogP contribution in [-0.2, 0) is 0 Å². The molecule has 0 bridgehead atoms. The Morgan fingerprint density at radius 2 is 0.912 bits per heavy atom. The molecule has 0 aliphatic heterocycles. The summed E-state index contributed by atoms with van der Waals surface area (Å²) in [6.45, 7) is 0. The maximum absolute atomic E-state index is 12.2. The van der Waals surface area contributed by atoms with Gasteiger partial charge >= 0.3 is 0 Å². The van der Waals surface area contributed by atoms with Crippen molar-refractivity contribution >= 4 is 34.6 Å². The molecule has 0 saturated heterocycles. The van der Waals surface area contributed by atoms with Crippen LogP contribution in [0.4, 0.5) is 22.7 Å². The molecule has 8 heteroatoms. The lowest BCUT2D eigenvalue weighted by Gasteiger charge is -2.15. The van der Waals surface area contributed by atoms with E-state index in [9.17, 15) is 9.59 Å². The lowest BCUT2D eigenvalue weighted by molar-refractivity contribution is 0.0703. The SMILES string of the molecule is O=C(NO)c1ccc(-c2ccc(C(=O)NO)c(Nc3ccccc3)c2)cc1Nc1ccccc1. The molecular weight excluding hydrogens is 432 g/mol. The van der Waals surface area contributed by atoms with E-state index in [1.54, 1.807) is 47.4 Å². The summed E-state index contributed by atoms with van der Waals surface area (Å²) in [4.78, 5) is 24.4. The van der Waals surface area contributed by atoms with Crippen molar-refractivity contribution in [2.75, 3.05) is 10.6 Å². The molecule has 0 unspecified atom stereocenters. The zero-order chi connectivity index (χ0) is 23.9. The number of rotatable bonds is 7. The molecule has 8 nitrogen and oxygen atoms in total. The van der Waals surface area contributed by atoms with Crippen LogP contribution < -0.4 is 21.6 Å². The Morgan fingerprint density at radius 3 is 1.26 bits per heavy atom. The molecule has 4 aromatic rings. The topological polar surface area (TPSA) is 123 Å². The minimum Gasteiger partial charge on any atom is -0.355 e. The lowest BCUT2D eigenvalue weighted by Crippen LogP contribution is -2.20. The third-order valence-corrected chi connectivity index (χ3v) is 5.17. The summed E-state index contributed by atoms with van der Waals surface area (Å²) < 4.78 is 0. The molecule has 0 aliphatic rings. The average molecular weight is 454 g/mol. The lowest BCUT2D eigenvalue weighted by atomic mass is 9.99. The van der Waals surface area contributed by atoms with Gasteiger partial charge in [0.1, 0.15) is 0 Å². The molecule has 6 N–H and O–H groups in total. The molecular formula is C26H22N4O4. The van der Waals surface area contributed by atoms with Gasteiger partial charge in [-0.3, -0.25) is 20.0 Å². The van der Waals surface area contributed by atoms with E-state index in [0.717, 1.165) is 22.5 Å². The van der Waals surface area contributed by atoms with Crippen molar-refractivity contribution < 1.29 is 20.0 Å². The summed E-state index contributed by atoms with van der Waals surface area (Å²) in [5.41, 5.74) is 7.91. The number of hydrogen-bond donors (Lipinski definition) is 6. The van der Waals surface area contributed by atoms with Crippen LogP contribution in [0.2, 0.25) is 0 Å². The van der Waals surface area contributed by atoms with E-state index in [4.69, 9.17) is 10.4 Å². The fourth-order valence-corrected chi connectivity index (χ4v) is 3.52. The third kappa shape index (κ3) is 5.04. The molecule has 0 heterocycles. The van der Waals surface area contributed by atoms with E-state index in [1.807, 2.05) is 60.7 Å². The summed E-state index contributed by atoms with van der Waals surface area (Å²) in [5.74, 6) is -1.29. The van der Waals surface area contributed by atoms with Gasteiger partial charge in [0.15, 0.2) is 0 Å². The minimum absolute atomic E-state index is 0.258. The third-order valence-electron chi connectivity index (χ3n) is 5.17. The van der Waals surface area contributed by atoms with Gasteiger partial charge in [0, 0.05) is 11.4 Å². The van der Waals surface area contributed by atoms with Crippen LogP contribution in [0.15, 0.2) is 97.1 Å². The molecule has 4 aromatic carbocycles.